The van der Waals surface area contributed by atoms with Crippen molar-refractivity contribution in [2.45, 2.75) is 57.5 Å². The number of benzene rings is 2. The number of carbonyl (C=O) groups is 1. The number of nitrogens with zero attached hydrogens (tertiary/aromatic N) is 1. The van der Waals surface area contributed by atoms with E-state index in [-0.39, 0.29) is 24.0 Å². The van der Waals surface area contributed by atoms with E-state index in [9.17, 15) is 9.90 Å². The third-order valence-corrected chi connectivity index (χ3v) is 6.53. The van der Waals surface area contributed by atoms with Crippen LogP contribution in [0.2, 0.25) is 0 Å². The second kappa shape index (κ2) is 8.64. The van der Waals surface area contributed by atoms with Gasteiger partial charge in [-0.2, -0.15) is 0 Å². The van der Waals surface area contributed by atoms with Crippen LogP contribution in [0.25, 0.3) is 0 Å². The Morgan fingerprint density at radius 1 is 1.10 bits per heavy atom. The molecule has 31 heavy (non-hydrogen) atoms. The molecule has 2 unspecified atom stereocenters. The normalized spacial score (nSPS) is 21.2. The quantitative estimate of drug-likeness (QED) is 0.559. The van der Waals surface area contributed by atoms with Gasteiger partial charge in [-0.05, 0) is 94.0 Å². The molecule has 2 atom stereocenters. The van der Waals surface area contributed by atoms with Gasteiger partial charge < -0.3 is 15.7 Å². The Hall–Kier alpha value is -2.37. The number of aliphatic hydroxyl groups excluding tert-OH is 1. The van der Waals surface area contributed by atoms with Gasteiger partial charge in [0.05, 0.1) is 18.2 Å². The van der Waals surface area contributed by atoms with Gasteiger partial charge in [0, 0.05) is 29.2 Å². The number of fused-ring (bicyclic) bond motifs is 1. The van der Waals surface area contributed by atoms with Crippen LogP contribution >= 0.6 is 0 Å². The fourth-order valence-electron chi connectivity index (χ4n) is 4.51. The van der Waals surface area contributed by atoms with E-state index in [2.05, 4.69) is 35.6 Å². The lowest BCUT2D eigenvalue weighted by molar-refractivity contribution is 0.0809. The summed E-state index contributed by atoms with van der Waals surface area (Å²) in [5.74, 6) is 1.40. The summed E-state index contributed by atoms with van der Waals surface area (Å²) in [5, 5.41) is 16.3. The Labute approximate surface area is 185 Å². The van der Waals surface area contributed by atoms with Crippen molar-refractivity contribution in [3.63, 3.8) is 0 Å². The lowest BCUT2D eigenvalue weighted by Crippen LogP contribution is -2.43. The molecular formula is C26H35N3O2. The number of nitrogens with one attached hydrogen (secondary N) is 2. The van der Waals surface area contributed by atoms with Crippen molar-refractivity contribution >= 4 is 22.8 Å². The zero-order valence-electron chi connectivity index (χ0n) is 19.1. The largest absolute Gasteiger partial charge is 0.394 e. The van der Waals surface area contributed by atoms with Crippen LogP contribution in [0.1, 0.15) is 61.9 Å². The minimum absolute atomic E-state index is 0.000422. The molecule has 0 saturated heterocycles. The number of aliphatic hydroxyl groups is 1. The molecule has 1 saturated carbocycles. The van der Waals surface area contributed by atoms with Crippen molar-refractivity contribution in [1.29, 1.82) is 0 Å². The average molecular weight is 422 g/mol. The Kier molecular flexibility index (Phi) is 6.09. The van der Waals surface area contributed by atoms with E-state index in [0.29, 0.717) is 5.92 Å². The van der Waals surface area contributed by atoms with Gasteiger partial charge in [0.15, 0.2) is 5.78 Å². The van der Waals surface area contributed by atoms with Crippen molar-refractivity contribution in [3.05, 3.63) is 53.6 Å². The molecule has 0 heterocycles. The van der Waals surface area contributed by atoms with Crippen LogP contribution < -0.4 is 10.6 Å². The summed E-state index contributed by atoms with van der Waals surface area (Å²) < 4.78 is 0. The fourth-order valence-corrected chi connectivity index (χ4v) is 4.51. The minimum atomic E-state index is -0.385. The summed E-state index contributed by atoms with van der Waals surface area (Å²) >= 11 is 0. The smallest absolute Gasteiger partial charge is 0.180 e. The maximum atomic E-state index is 13.2. The summed E-state index contributed by atoms with van der Waals surface area (Å²) in [6.07, 6.45) is 3.50. The van der Waals surface area contributed by atoms with Crippen LogP contribution in [0.15, 0.2) is 42.5 Å². The number of carbonyl (C=O) groups excluding carboxylic acids is 1. The Balaban J connectivity index is 1.50. The number of hydrogen-bond acceptors (Lipinski definition) is 5. The molecule has 0 radical (unpaired) electrons. The van der Waals surface area contributed by atoms with Gasteiger partial charge in [-0.3, -0.25) is 9.69 Å². The molecule has 2 aromatic carbocycles. The van der Waals surface area contributed by atoms with E-state index >= 15 is 0 Å². The van der Waals surface area contributed by atoms with E-state index in [1.54, 1.807) is 0 Å². The topological polar surface area (TPSA) is 64.6 Å². The highest BCUT2D eigenvalue weighted by Gasteiger charge is 2.36. The van der Waals surface area contributed by atoms with Crippen LogP contribution in [-0.2, 0) is 0 Å². The summed E-state index contributed by atoms with van der Waals surface area (Å²) in [6, 6.07) is 14.2. The van der Waals surface area contributed by atoms with Gasteiger partial charge in [-0.25, -0.2) is 0 Å². The van der Waals surface area contributed by atoms with Crippen molar-refractivity contribution in [2.75, 3.05) is 30.8 Å². The van der Waals surface area contributed by atoms with Gasteiger partial charge >= 0.3 is 0 Å². The van der Waals surface area contributed by atoms with Crippen molar-refractivity contribution in [1.82, 2.24) is 4.90 Å². The first-order chi connectivity index (χ1) is 14.8. The average Bonchev–Trinajstić information content (AvgIpc) is 3.54. The second-order valence-electron chi connectivity index (χ2n) is 10.1. The van der Waals surface area contributed by atoms with Crippen LogP contribution in [0.3, 0.4) is 0 Å². The molecule has 5 nitrogen and oxygen atoms in total. The first kappa shape index (κ1) is 21.8. The molecule has 2 aliphatic carbocycles. The molecule has 0 bridgehead atoms. The molecule has 0 amide bonds. The Bertz CT molecular complexity index is 951. The molecule has 0 aromatic heterocycles. The maximum Gasteiger partial charge on any atom is 0.180 e. The van der Waals surface area contributed by atoms with Gasteiger partial charge in [-0.1, -0.05) is 13.0 Å². The molecule has 4 rings (SSSR count). The number of likely N-dealkylation sites (N-methyl/N-ethyl adjacent to an activating group) is 1. The number of ketones is 1. The van der Waals surface area contributed by atoms with Gasteiger partial charge in [-0.15, -0.1) is 0 Å². The van der Waals surface area contributed by atoms with Crippen LogP contribution in [0.5, 0.6) is 0 Å². The molecule has 2 aliphatic rings. The minimum Gasteiger partial charge on any atom is -0.394 e. The molecule has 0 aliphatic heterocycles. The molecule has 2 aromatic rings. The highest BCUT2D eigenvalue weighted by atomic mass is 16.3. The third-order valence-electron chi connectivity index (χ3n) is 6.53. The van der Waals surface area contributed by atoms with Crippen molar-refractivity contribution in [2.24, 2.45) is 5.92 Å². The lowest BCUT2D eigenvalue weighted by atomic mass is 9.79. The molecule has 5 heteroatoms. The third kappa shape index (κ3) is 5.10. The summed E-state index contributed by atoms with van der Waals surface area (Å²) in [5.41, 5.74) is 4.53. The number of rotatable bonds is 8. The first-order valence-corrected chi connectivity index (χ1v) is 11.4. The fraction of sp³-hybridized carbons (Fsp3) is 0.500. The summed E-state index contributed by atoms with van der Waals surface area (Å²) in [4.78, 5) is 15.5. The van der Waals surface area contributed by atoms with Crippen LogP contribution in [0.4, 0.5) is 17.1 Å². The number of hydrogen-bond donors (Lipinski definition) is 3. The van der Waals surface area contributed by atoms with Crippen molar-refractivity contribution < 1.29 is 9.90 Å². The molecule has 166 valence electrons. The molecular weight excluding hydrogens is 386 g/mol. The Morgan fingerprint density at radius 3 is 2.52 bits per heavy atom. The number of Topliss-reactive ketones (excluding diaryl/α,β-unsaturated/α-hetero) is 1. The first-order valence-electron chi connectivity index (χ1n) is 11.4. The summed E-state index contributed by atoms with van der Waals surface area (Å²) in [7, 11) is 2.10. The van der Waals surface area contributed by atoms with Gasteiger partial charge in [0.25, 0.3) is 0 Å². The summed E-state index contributed by atoms with van der Waals surface area (Å²) in [6.45, 7) is 7.25. The monoisotopic (exact) mass is 421 g/mol. The predicted molar refractivity (Wildman–Crippen MR) is 127 cm³/mol. The SMILES string of the molecule is CC1CC(N(C)CC2CC2)C(=O)c2ccc(Nc3cccc(NC(C)(C)CO)c3)cc21. The van der Waals surface area contributed by atoms with E-state index in [0.717, 1.165) is 47.1 Å². The van der Waals surface area contributed by atoms with E-state index < -0.39 is 0 Å². The molecule has 1 fully saturated rings. The predicted octanol–water partition coefficient (Wildman–Crippen LogP) is 5.01. The zero-order chi connectivity index (χ0) is 22.2. The van der Waals surface area contributed by atoms with E-state index in [4.69, 9.17) is 0 Å². The Morgan fingerprint density at radius 2 is 1.81 bits per heavy atom. The lowest BCUT2D eigenvalue weighted by Gasteiger charge is -2.34. The maximum absolute atomic E-state index is 13.2. The van der Waals surface area contributed by atoms with Crippen LogP contribution in [0, 0.1) is 5.92 Å². The zero-order valence-corrected chi connectivity index (χ0v) is 19.1. The number of anilines is 3. The van der Waals surface area contributed by atoms with Crippen LogP contribution in [-0.4, -0.2) is 47.6 Å². The second-order valence-corrected chi connectivity index (χ2v) is 10.1. The van der Waals surface area contributed by atoms with Gasteiger partial charge in [0.1, 0.15) is 0 Å². The van der Waals surface area contributed by atoms with E-state index in [1.807, 2.05) is 50.2 Å². The van der Waals surface area contributed by atoms with Gasteiger partial charge in [0.2, 0.25) is 0 Å². The molecule has 0 spiro atoms. The van der Waals surface area contributed by atoms with E-state index in [1.165, 1.54) is 12.8 Å². The highest BCUT2D eigenvalue weighted by molar-refractivity contribution is 6.03. The highest BCUT2D eigenvalue weighted by Crippen LogP contribution is 2.37. The van der Waals surface area contributed by atoms with Crippen molar-refractivity contribution in [3.8, 4) is 0 Å². The standard InChI is InChI=1S/C26H35N3O2/c1-17-12-24(29(4)15-18-8-9-18)25(31)22-11-10-20(14-23(17)22)27-19-6-5-7-21(13-19)28-26(2,3)16-30/h5-7,10-11,13-14,17-18,24,27-28,30H,8-9,12,15-16H2,1-4H3. The molecule has 3 N–H and O–H groups in total.